The summed E-state index contributed by atoms with van der Waals surface area (Å²) in [5.74, 6) is 0. The van der Waals surface area contributed by atoms with Crippen molar-refractivity contribution in [3.05, 3.63) is 0 Å². The maximum absolute atomic E-state index is 9.51. The van der Waals surface area contributed by atoms with E-state index in [1.807, 2.05) is 6.92 Å². The molecule has 3 heteroatoms. The molecule has 1 heterocycles. The van der Waals surface area contributed by atoms with E-state index in [1.54, 1.807) is 0 Å². The normalized spacial score (nSPS) is 24.4. The number of hydrogen-bond donors (Lipinski definition) is 2. The van der Waals surface area contributed by atoms with Gasteiger partial charge in [-0.1, -0.05) is 0 Å². The molecular formula is C12H26N2O. The largest absolute Gasteiger partial charge is 0.393 e. The van der Waals surface area contributed by atoms with Crippen LogP contribution in [0.4, 0.5) is 0 Å². The molecule has 0 saturated carbocycles. The first-order chi connectivity index (χ1) is 6.99. The van der Waals surface area contributed by atoms with Gasteiger partial charge >= 0.3 is 0 Å². The average Bonchev–Trinajstić information content (AvgIpc) is 2.17. The third-order valence-corrected chi connectivity index (χ3v) is 3.75. The fourth-order valence-electron chi connectivity index (χ4n) is 2.63. The third kappa shape index (κ3) is 3.44. The highest BCUT2D eigenvalue weighted by Crippen LogP contribution is 2.35. The molecule has 15 heavy (non-hydrogen) atoms. The number of nitrogens with zero attached hydrogens (tertiary/aromatic N) is 1. The van der Waals surface area contributed by atoms with Crippen molar-refractivity contribution < 1.29 is 5.11 Å². The van der Waals surface area contributed by atoms with Gasteiger partial charge in [0.25, 0.3) is 0 Å². The second kappa shape index (κ2) is 5.28. The topological polar surface area (TPSA) is 49.5 Å². The van der Waals surface area contributed by atoms with Gasteiger partial charge in [-0.25, -0.2) is 0 Å². The van der Waals surface area contributed by atoms with Crippen molar-refractivity contribution in [1.82, 2.24) is 4.90 Å². The molecule has 1 saturated heterocycles. The van der Waals surface area contributed by atoms with Crippen molar-refractivity contribution in [1.29, 1.82) is 0 Å². The van der Waals surface area contributed by atoms with E-state index in [2.05, 4.69) is 18.7 Å². The highest BCUT2D eigenvalue weighted by Gasteiger charge is 2.34. The Morgan fingerprint density at radius 1 is 1.27 bits per heavy atom. The Hall–Kier alpha value is -0.120. The maximum Gasteiger partial charge on any atom is 0.0517 e. The molecule has 1 unspecified atom stereocenters. The van der Waals surface area contributed by atoms with Gasteiger partial charge in [-0.15, -0.1) is 0 Å². The van der Waals surface area contributed by atoms with Crippen LogP contribution < -0.4 is 5.73 Å². The van der Waals surface area contributed by atoms with Gasteiger partial charge in [0.05, 0.1) is 6.10 Å². The predicted octanol–water partition coefficient (Wildman–Crippen LogP) is 1.21. The number of aliphatic hydroxyl groups is 1. The Morgan fingerprint density at radius 3 is 2.13 bits per heavy atom. The summed E-state index contributed by atoms with van der Waals surface area (Å²) in [6.45, 7) is 9.31. The molecule has 0 bridgehead atoms. The molecule has 0 radical (unpaired) electrons. The Morgan fingerprint density at radius 2 is 1.80 bits per heavy atom. The molecule has 1 rings (SSSR count). The van der Waals surface area contributed by atoms with Crippen molar-refractivity contribution in [2.45, 2.75) is 52.2 Å². The molecule has 1 fully saturated rings. The SMILES string of the molecule is CC(O)CC1(CN)CCN(C(C)C)CC1. The van der Waals surface area contributed by atoms with Gasteiger partial charge in [-0.3, -0.25) is 0 Å². The number of piperidine rings is 1. The van der Waals surface area contributed by atoms with Crippen molar-refractivity contribution >= 4 is 0 Å². The summed E-state index contributed by atoms with van der Waals surface area (Å²) in [7, 11) is 0. The van der Waals surface area contributed by atoms with Crippen LogP contribution in [0.2, 0.25) is 0 Å². The standard InChI is InChI=1S/C12H26N2O/c1-10(2)14-6-4-12(9-13,5-7-14)8-11(3)15/h10-11,15H,4-9,13H2,1-3H3. The van der Waals surface area contributed by atoms with Crippen molar-refractivity contribution in [2.24, 2.45) is 11.1 Å². The van der Waals surface area contributed by atoms with Crippen molar-refractivity contribution in [2.75, 3.05) is 19.6 Å². The van der Waals surface area contributed by atoms with Gasteiger partial charge in [0.2, 0.25) is 0 Å². The summed E-state index contributed by atoms with van der Waals surface area (Å²) in [5.41, 5.74) is 6.07. The molecule has 0 spiro atoms. The van der Waals surface area contributed by atoms with E-state index < -0.39 is 0 Å². The minimum absolute atomic E-state index is 0.194. The summed E-state index contributed by atoms with van der Waals surface area (Å²) in [4.78, 5) is 2.50. The number of hydrogen-bond acceptors (Lipinski definition) is 3. The second-order valence-corrected chi connectivity index (χ2v) is 5.39. The number of rotatable bonds is 4. The van der Waals surface area contributed by atoms with E-state index in [0.29, 0.717) is 12.6 Å². The van der Waals surface area contributed by atoms with Crippen LogP contribution >= 0.6 is 0 Å². The summed E-state index contributed by atoms with van der Waals surface area (Å²) in [6.07, 6.45) is 2.90. The van der Waals surface area contributed by atoms with Crippen LogP contribution in [-0.4, -0.2) is 41.8 Å². The first-order valence-electron chi connectivity index (χ1n) is 6.11. The lowest BCUT2D eigenvalue weighted by atomic mass is 9.74. The third-order valence-electron chi connectivity index (χ3n) is 3.75. The molecule has 1 aliphatic heterocycles. The first-order valence-corrected chi connectivity index (χ1v) is 6.11. The Balaban J connectivity index is 2.50. The first kappa shape index (κ1) is 12.9. The van der Waals surface area contributed by atoms with E-state index in [-0.39, 0.29) is 11.5 Å². The van der Waals surface area contributed by atoms with E-state index in [1.165, 1.54) is 0 Å². The van der Waals surface area contributed by atoms with Crippen LogP contribution in [0.3, 0.4) is 0 Å². The zero-order valence-corrected chi connectivity index (χ0v) is 10.4. The Kier molecular flexibility index (Phi) is 4.56. The van der Waals surface area contributed by atoms with Crippen LogP contribution in [-0.2, 0) is 0 Å². The van der Waals surface area contributed by atoms with E-state index in [0.717, 1.165) is 32.4 Å². The van der Waals surface area contributed by atoms with Gasteiger partial charge in [-0.2, -0.15) is 0 Å². The van der Waals surface area contributed by atoms with E-state index in [9.17, 15) is 5.11 Å². The molecule has 0 aliphatic carbocycles. The maximum atomic E-state index is 9.51. The zero-order valence-electron chi connectivity index (χ0n) is 10.4. The fourth-order valence-corrected chi connectivity index (χ4v) is 2.63. The lowest BCUT2D eigenvalue weighted by Crippen LogP contribution is -2.47. The van der Waals surface area contributed by atoms with Gasteiger partial charge in [-0.05, 0) is 65.1 Å². The molecule has 1 aliphatic rings. The number of nitrogens with two attached hydrogens (primary N) is 1. The lowest BCUT2D eigenvalue weighted by molar-refractivity contribution is 0.0428. The minimum atomic E-state index is -0.223. The Labute approximate surface area is 93.6 Å². The number of aliphatic hydroxyl groups excluding tert-OH is 1. The predicted molar refractivity (Wildman–Crippen MR) is 63.7 cm³/mol. The minimum Gasteiger partial charge on any atom is -0.393 e. The molecule has 0 aromatic heterocycles. The van der Waals surface area contributed by atoms with Crippen LogP contribution in [0.1, 0.15) is 40.0 Å². The van der Waals surface area contributed by atoms with Crippen LogP contribution in [0.15, 0.2) is 0 Å². The van der Waals surface area contributed by atoms with Crippen LogP contribution in [0, 0.1) is 5.41 Å². The van der Waals surface area contributed by atoms with Crippen LogP contribution in [0.25, 0.3) is 0 Å². The van der Waals surface area contributed by atoms with E-state index >= 15 is 0 Å². The monoisotopic (exact) mass is 214 g/mol. The molecule has 0 amide bonds. The fraction of sp³-hybridized carbons (Fsp3) is 1.00. The van der Waals surface area contributed by atoms with Gasteiger partial charge in [0.1, 0.15) is 0 Å². The molecule has 1 atom stereocenters. The molecule has 3 N–H and O–H groups in total. The van der Waals surface area contributed by atoms with Gasteiger partial charge in [0, 0.05) is 6.04 Å². The highest BCUT2D eigenvalue weighted by molar-refractivity contribution is 4.88. The molecule has 0 aromatic rings. The van der Waals surface area contributed by atoms with E-state index in [4.69, 9.17) is 5.73 Å². The van der Waals surface area contributed by atoms with Crippen molar-refractivity contribution in [3.8, 4) is 0 Å². The zero-order chi connectivity index (χ0) is 11.5. The quantitative estimate of drug-likeness (QED) is 0.739. The van der Waals surface area contributed by atoms with Gasteiger partial charge < -0.3 is 15.7 Å². The summed E-state index contributed by atoms with van der Waals surface area (Å²) < 4.78 is 0. The highest BCUT2D eigenvalue weighted by atomic mass is 16.3. The van der Waals surface area contributed by atoms with Crippen molar-refractivity contribution in [3.63, 3.8) is 0 Å². The molecule has 0 aromatic carbocycles. The smallest absolute Gasteiger partial charge is 0.0517 e. The summed E-state index contributed by atoms with van der Waals surface area (Å²) in [6, 6.07) is 0.632. The Bertz CT molecular complexity index is 184. The van der Waals surface area contributed by atoms with Gasteiger partial charge in [0.15, 0.2) is 0 Å². The number of likely N-dealkylation sites (tertiary alicyclic amines) is 1. The summed E-state index contributed by atoms with van der Waals surface area (Å²) in [5, 5.41) is 9.51. The summed E-state index contributed by atoms with van der Waals surface area (Å²) >= 11 is 0. The second-order valence-electron chi connectivity index (χ2n) is 5.39. The molecular weight excluding hydrogens is 188 g/mol. The molecule has 90 valence electrons. The molecule has 3 nitrogen and oxygen atoms in total. The van der Waals surface area contributed by atoms with Crippen LogP contribution in [0.5, 0.6) is 0 Å². The lowest BCUT2D eigenvalue weighted by Gasteiger charge is -2.43. The average molecular weight is 214 g/mol.